The zero-order valence-electron chi connectivity index (χ0n) is 21.5. The molecule has 6 nitrogen and oxygen atoms in total. The highest BCUT2D eigenvalue weighted by molar-refractivity contribution is 6.00. The van der Waals surface area contributed by atoms with E-state index in [2.05, 4.69) is 35.9 Å². The zero-order chi connectivity index (χ0) is 24.7. The summed E-state index contributed by atoms with van der Waals surface area (Å²) in [6.45, 7) is 9.49. The Labute approximate surface area is 211 Å². The van der Waals surface area contributed by atoms with E-state index in [4.69, 9.17) is 4.74 Å². The Morgan fingerprint density at radius 3 is 2.49 bits per heavy atom. The zero-order valence-corrected chi connectivity index (χ0v) is 21.5. The van der Waals surface area contributed by atoms with Gasteiger partial charge < -0.3 is 15.0 Å². The molecule has 1 aliphatic carbocycles. The number of piperazine rings is 1. The lowest BCUT2D eigenvalue weighted by Gasteiger charge is -2.52. The van der Waals surface area contributed by atoms with Crippen LogP contribution < -0.4 is 10.1 Å². The van der Waals surface area contributed by atoms with Crippen molar-refractivity contribution in [2.75, 3.05) is 26.2 Å². The van der Waals surface area contributed by atoms with Crippen LogP contribution in [-0.4, -0.2) is 59.4 Å². The molecule has 0 aromatic heterocycles. The topological polar surface area (TPSA) is 61.9 Å². The highest BCUT2D eigenvalue weighted by Gasteiger charge is 2.53. The maximum Gasteiger partial charge on any atom is 0.246 e. The number of amides is 2. The molecule has 1 spiro atoms. The second kappa shape index (κ2) is 12.1. The Kier molecular flexibility index (Phi) is 8.88. The molecule has 1 saturated carbocycles. The summed E-state index contributed by atoms with van der Waals surface area (Å²) in [5, 5.41) is 3.20. The molecule has 192 valence electrons. The van der Waals surface area contributed by atoms with Crippen molar-refractivity contribution in [3.63, 3.8) is 0 Å². The molecule has 0 radical (unpaired) electrons. The van der Waals surface area contributed by atoms with Gasteiger partial charge in [-0.2, -0.15) is 0 Å². The van der Waals surface area contributed by atoms with E-state index in [0.717, 1.165) is 44.6 Å². The third-order valence-electron chi connectivity index (χ3n) is 8.22. The number of hydrogen-bond acceptors (Lipinski definition) is 4. The van der Waals surface area contributed by atoms with Crippen LogP contribution in [0.25, 0.3) is 0 Å². The average molecular weight is 482 g/mol. The van der Waals surface area contributed by atoms with Crippen molar-refractivity contribution in [2.24, 2.45) is 5.92 Å². The van der Waals surface area contributed by atoms with E-state index in [0.29, 0.717) is 31.9 Å². The molecule has 1 aromatic rings. The Morgan fingerprint density at radius 1 is 1.11 bits per heavy atom. The molecule has 2 saturated heterocycles. The number of rotatable bonds is 10. The van der Waals surface area contributed by atoms with E-state index < -0.39 is 5.54 Å². The minimum absolute atomic E-state index is 0.0809. The summed E-state index contributed by atoms with van der Waals surface area (Å²) in [6, 6.07) is 7.85. The van der Waals surface area contributed by atoms with Crippen LogP contribution in [0.1, 0.15) is 76.7 Å². The summed E-state index contributed by atoms with van der Waals surface area (Å²) in [7, 11) is 0. The van der Waals surface area contributed by atoms with Crippen molar-refractivity contribution < 1.29 is 14.3 Å². The van der Waals surface area contributed by atoms with E-state index in [1.54, 1.807) is 6.08 Å². The van der Waals surface area contributed by atoms with Crippen LogP contribution in [0.2, 0.25) is 0 Å². The molecule has 0 bridgehead atoms. The van der Waals surface area contributed by atoms with Gasteiger partial charge in [0.15, 0.2) is 0 Å². The Balaban J connectivity index is 1.39. The summed E-state index contributed by atoms with van der Waals surface area (Å²) in [6.07, 6.45) is 12.1. The molecule has 1 N–H and O–H groups in total. The number of nitrogens with zero attached hydrogens (tertiary/aromatic N) is 2. The maximum atomic E-state index is 13.7. The second-order valence-electron chi connectivity index (χ2n) is 10.7. The summed E-state index contributed by atoms with van der Waals surface area (Å²) < 4.78 is 5.58. The fourth-order valence-corrected chi connectivity index (χ4v) is 6.11. The molecule has 3 aliphatic rings. The van der Waals surface area contributed by atoms with E-state index in [1.165, 1.54) is 37.7 Å². The molecule has 1 atom stereocenters. The van der Waals surface area contributed by atoms with Crippen LogP contribution in [0.5, 0.6) is 5.75 Å². The van der Waals surface area contributed by atoms with Crippen LogP contribution in [0.4, 0.5) is 0 Å². The quantitative estimate of drug-likeness (QED) is 0.493. The van der Waals surface area contributed by atoms with Crippen LogP contribution in [0.15, 0.2) is 36.9 Å². The average Bonchev–Trinajstić information content (AvgIpc) is 2.89. The number of hydrogen-bond donors (Lipinski definition) is 1. The van der Waals surface area contributed by atoms with Gasteiger partial charge in [-0.05, 0) is 49.3 Å². The first-order chi connectivity index (χ1) is 17.1. The number of nitrogens with one attached hydrogen (secondary N) is 1. The largest absolute Gasteiger partial charge is 0.490 e. The van der Waals surface area contributed by atoms with E-state index >= 15 is 0 Å². The number of carbonyl (C=O) groups excluding carboxylic acids is 2. The number of carbonyl (C=O) groups is 2. The molecule has 2 heterocycles. The van der Waals surface area contributed by atoms with Crippen molar-refractivity contribution in [2.45, 2.75) is 89.3 Å². The molecule has 1 aromatic carbocycles. The molecule has 2 amide bonds. The molecular weight excluding hydrogens is 438 g/mol. The van der Waals surface area contributed by atoms with Gasteiger partial charge in [-0.25, -0.2) is 0 Å². The lowest BCUT2D eigenvalue weighted by atomic mass is 9.79. The SMILES string of the molecule is C=CCOc1ccc(CN2CCC3(CC2)C(=O)NC(CC2CCCCC2)C(=O)N3CCCC)cc1. The van der Waals surface area contributed by atoms with Gasteiger partial charge >= 0.3 is 0 Å². The predicted octanol–water partition coefficient (Wildman–Crippen LogP) is 4.68. The number of piperidine rings is 1. The van der Waals surface area contributed by atoms with Crippen LogP contribution in [0, 0.1) is 5.92 Å². The van der Waals surface area contributed by atoms with Crippen molar-refractivity contribution in [1.29, 1.82) is 0 Å². The van der Waals surface area contributed by atoms with Gasteiger partial charge in [0.2, 0.25) is 11.8 Å². The van der Waals surface area contributed by atoms with Gasteiger partial charge in [0.05, 0.1) is 0 Å². The van der Waals surface area contributed by atoms with Gasteiger partial charge in [-0.1, -0.05) is 70.2 Å². The first-order valence-corrected chi connectivity index (χ1v) is 13.7. The summed E-state index contributed by atoms with van der Waals surface area (Å²) in [5.74, 6) is 1.65. The number of ether oxygens (including phenoxy) is 1. The minimum Gasteiger partial charge on any atom is -0.490 e. The first-order valence-electron chi connectivity index (χ1n) is 13.7. The Morgan fingerprint density at radius 2 is 1.83 bits per heavy atom. The number of likely N-dealkylation sites (tertiary alicyclic amines) is 1. The summed E-state index contributed by atoms with van der Waals surface area (Å²) in [5.41, 5.74) is 0.542. The fraction of sp³-hybridized carbons (Fsp3) is 0.655. The summed E-state index contributed by atoms with van der Waals surface area (Å²) in [4.78, 5) is 31.7. The molecule has 1 unspecified atom stereocenters. The lowest BCUT2D eigenvalue weighted by molar-refractivity contribution is -0.162. The normalized spacial score (nSPS) is 23.3. The van der Waals surface area contributed by atoms with Crippen LogP contribution in [-0.2, 0) is 16.1 Å². The highest BCUT2D eigenvalue weighted by atomic mass is 16.5. The molecule has 4 rings (SSSR count). The first kappa shape index (κ1) is 25.7. The molecule has 2 aliphatic heterocycles. The highest BCUT2D eigenvalue weighted by Crippen LogP contribution is 2.36. The van der Waals surface area contributed by atoms with E-state index in [1.807, 2.05) is 17.0 Å². The lowest BCUT2D eigenvalue weighted by Crippen LogP contribution is -2.73. The molecule has 6 heteroatoms. The number of benzene rings is 1. The van der Waals surface area contributed by atoms with Crippen molar-refractivity contribution >= 4 is 11.8 Å². The smallest absolute Gasteiger partial charge is 0.246 e. The van der Waals surface area contributed by atoms with Crippen LogP contribution >= 0.6 is 0 Å². The standard InChI is InChI=1S/C29H43N3O3/c1-3-5-17-32-27(33)26(21-23-9-7-6-8-10-23)30-28(34)29(32)15-18-31(19-16-29)22-24-11-13-25(14-12-24)35-20-4-2/h4,11-14,23,26H,2-3,5-10,15-22H2,1H3,(H,30,34). The summed E-state index contributed by atoms with van der Waals surface area (Å²) >= 11 is 0. The van der Waals surface area contributed by atoms with E-state index in [-0.39, 0.29) is 17.9 Å². The van der Waals surface area contributed by atoms with Gasteiger partial charge in [0.1, 0.15) is 23.9 Å². The third-order valence-corrected chi connectivity index (χ3v) is 8.22. The Bertz CT molecular complexity index is 854. The van der Waals surface area contributed by atoms with Gasteiger partial charge in [0, 0.05) is 26.2 Å². The molecule has 35 heavy (non-hydrogen) atoms. The predicted molar refractivity (Wildman–Crippen MR) is 139 cm³/mol. The van der Waals surface area contributed by atoms with Gasteiger partial charge in [-0.3, -0.25) is 14.5 Å². The number of unbranched alkanes of at least 4 members (excludes halogenated alkanes) is 1. The van der Waals surface area contributed by atoms with Crippen LogP contribution in [0.3, 0.4) is 0 Å². The van der Waals surface area contributed by atoms with Crippen molar-refractivity contribution in [3.05, 3.63) is 42.5 Å². The fourth-order valence-electron chi connectivity index (χ4n) is 6.11. The van der Waals surface area contributed by atoms with Gasteiger partial charge in [0.25, 0.3) is 0 Å². The van der Waals surface area contributed by atoms with Gasteiger partial charge in [-0.15, -0.1) is 0 Å². The Hall–Kier alpha value is -2.34. The molecular formula is C29H43N3O3. The minimum atomic E-state index is -0.686. The van der Waals surface area contributed by atoms with E-state index in [9.17, 15) is 9.59 Å². The third kappa shape index (κ3) is 6.08. The van der Waals surface area contributed by atoms with Crippen molar-refractivity contribution in [3.8, 4) is 5.75 Å². The monoisotopic (exact) mass is 481 g/mol. The second-order valence-corrected chi connectivity index (χ2v) is 10.7. The maximum absolute atomic E-state index is 13.7. The van der Waals surface area contributed by atoms with Crippen molar-refractivity contribution in [1.82, 2.24) is 15.1 Å². The molecule has 3 fully saturated rings.